The summed E-state index contributed by atoms with van der Waals surface area (Å²) in [5, 5.41) is 4.38. The van der Waals surface area contributed by atoms with Gasteiger partial charge in [-0.1, -0.05) is 0 Å². The summed E-state index contributed by atoms with van der Waals surface area (Å²) < 4.78 is 36.8. The summed E-state index contributed by atoms with van der Waals surface area (Å²) in [5.74, 6) is -0.0618. The molecule has 0 amide bonds. The molecule has 0 radical (unpaired) electrons. The molecule has 2 atom stereocenters. The van der Waals surface area contributed by atoms with Gasteiger partial charge in [0.05, 0.1) is 32.3 Å². The fraction of sp³-hybridized carbons (Fsp3) is 0.421. The van der Waals surface area contributed by atoms with E-state index in [0.29, 0.717) is 34.8 Å². The molecule has 7 nitrogen and oxygen atoms in total. The maximum atomic E-state index is 14.3. The van der Waals surface area contributed by atoms with Crippen molar-refractivity contribution in [2.24, 2.45) is 7.05 Å². The number of hydrogen-bond acceptors (Lipinski definition) is 5. The zero-order valence-corrected chi connectivity index (χ0v) is 17.2. The van der Waals surface area contributed by atoms with Crippen molar-refractivity contribution in [3.05, 3.63) is 35.4 Å². The Morgan fingerprint density at radius 1 is 1.32 bits per heavy atom. The molecule has 1 aromatic carbocycles. The zero-order chi connectivity index (χ0) is 20.2. The Morgan fingerprint density at radius 2 is 2.07 bits per heavy atom. The van der Waals surface area contributed by atoms with Crippen molar-refractivity contribution in [3.8, 4) is 17.1 Å². The zero-order valence-electron chi connectivity index (χ0n) is 16.4. The van der Waals surface area contributed by atoms with Crippen LogP contribution >= 0.6 is 0 Å². The highest BCUT2D eigenvalue weighted by Crippen LogP contribution is 2.37. The molecule has 0 saturated carbocycles. The van der Waals surface area contributed by atoms with Crippen LogP contribution < -0.4 is 9.46 Å². The minimum atomic E-state index is -1.31. The Bertz CT molecular complexity index is 1110. The molecule has 9 heteroatoms. The van der Waals surface area contributed by atoms with Crippen molar-refractivity contribution < 1.29 is 13.3 Å². The summed E-state index contributed by atoms with van der Waals surface area (Å²) in [6, 6.07) is 2.36. The number of halogens is 1. The molecule has 0 aliphatic carbocycles. The average Bonchev–Trinajstić information content (AvgIpc) is 2.99. The smallest absolute Gasteiger partial charge is 0.241 e. The van der Waals surface area contributed by atoms with Gasteiger partial charge in [-0.15, -0.1) is 0 Å². The first-order chi connectivity index (χ1) is 13.1. The molecular weight excluding hydrogens is 381 g/mol. The fourth-order valence-electron chi connectivity index (χ4n) is 3.12. The Kier molecular flexibility index (Phi) is 4.46. The van der Waals surface area contributed by atoms with Gasteiger partial charge in [0.25, 0.3) is 0 Å². The number of aromatic nitrogens is 4. The summed E-state index contributed by atoms with van der Waals surface area (Å²) >= 11 is 0. The van der Waals surface area contributed by atoms with Gasteiger partial charge in [-0.3, -0.25) is 4.68 Å². The number of rotatable bonds is 3. The number of nitrogens with zero attached hydrogens (tertiary/aromatic N) is 4. The maximum absolute atomic E-state index is 14.3. The van der Waals surface area contributed by atoms with Crippen LogP contribution in [0.25, 0.3) is 22.3 Å². The average molecular weight is 403 g/mol. The second kappa shape index (κ2) is 6.59. The number of benzene rings is 1. The lowest BCUT2D eigenvalue weighted by Gasteiger charge is -2.23. The van der Waals surface area contributed by atoms with Gasteiger partial charge in [-0.05, 0) is 33.8 Å². The molecule has 0 unspecified atom stereocenters. The normalized spacial score (nSPS) is 15.6. The van der Waals surface area contributed by atoms with E-state index in [2.05, 4.69) is 14.8 Å². The molecule has 3 heterocycles. The van der Waals surface area contributed by atoms with Crippen molar-refractivity contribution in [2.45, 2.75) is 45.1 Å². The highest BCUT2D eigenvalue weighted by atomic mass is 32.2. The van der Waals surface area contributed by atoms with Crippen LogP contribution in [0.3, 0.4) is 0 Å². The largest absolute Gasteiger partial charge is 0.469 e. The van der Waals surface area contributed by atoms with Crippen molar-refractivity contribution >= 4 is 22.0 Å². The fourth-order valence-corrected chi connectivity index (χ4v) is 3.92. The van der Waals surface area contributed by atoms with E-state index in [-0.39, 0.29) is 6.04 Å². The molecule has 1 aliphatic heterocycles. The highest BCUT2D eigenvalue weighted by molar-refractivity contribution is 7.84. The number of ether oxygens (including phenoxy) is 1. The van der Waals surface area contributed by atoms with E-state index in [1.165, 1.54) is 12.1 Å². The van der Waals surface area contributed by atoms with Gasteiger partial charge in [-0.25, -0.2) is 23.3 Å². The van der Waals surface area contributed by atoms with Crippen LogP contribution in [0.15, 0.2) is 18.3 Å². The van der Waals surface area contributed by atoms with Gasteiger partial charge >= 0.3 is 0 Å². The molecule has 0 saturated heterocycles. The van der Waals surface area contributed by atoms with Crippen LogP contribution in [0.5, 0.6) is 5.88 Å². The molecule has 2 aromatic heterocycles. The van der Waals surface area contributed by atoms with E-state index in [9.17, 15) is 8.60 Å². The number of hydrogen-bond donors (Lipinski definition) is 1. The van der Waals surface area contributed by atoms with E-state index >= 15 is 0 Å². The van der Waals surface area contributed by atoms with Gasteiger partial charge in [0.15, 0.2) is 0 Å². The highest BCUT2D eigenvalue weighted by Gasteiger charge is 2.27. The van der Waals surface area contributed by atoms with E-state index in [1.807, 2.05) is 40.9 Å². The first kappa shape index (κ1) is 18.9. The first-order valence-corrected chi connectivity index (χ1v) is 10.1. The van der Waals surface area contributed by atoms with E-state index in [0.717, 1.165) is 11.3 Å². The Balaban J connectivity index is 1.85. The van der Waals surface area contributed by atoms with Gasteiger partial charge < -0.3 is 4.74 Å². The van der Waals surface area contributed by atoms with Gasteiger partial charge in [0.1, 0.15) is 23.8 Å². The summed E-state index contributed by atoms with van der Waals surface area (Å²) in [7, 11) is 0.523. The predicted molar refractivity (Wildman–Crippen MR) is 105 cm³/mol. The molecule has 0 spiro atoms. The lowest BCUT2D eigenvalue weighted by molar-refractivity contribution is 0.284. The van der Waals surface area contributed by atoms with Gasteiger partial charge in [0, 0.05) is 30.9 Å². The molecule has 3 aromatic rings. The second-order valence-corrected chi connectivity index (χ2v) is 9.91. The SMILES string of the molecule is C[C@@H](N[S@](=O)C(C)(C)C)c1cc(F)cc2nc3c(nc12)-c1cn(C)nc1CO3. The Hall–Kier alpha value is -2.39. The lowest BCUT2D eigenvalue weighted by atomic mass is 10.1. The maximum Gasteiger partial charge on any atom is 0.241 e. The monoisotopic (exact) mass is 403 g/mol. The van der Waals surface area contributed by atoms with Crippen LogP contribution in [-0.4, -0.2) is 28.7 Å². The summed E-state index contributed by atoms with van der Waals surface area (Å²) in [6.45, 7) is 7.77. The molecule has 1 N–H and O–H groups in total. The van der Waals surface area contributed by atoms with Crippen LogP contribution in [0.4, 0.5) is 4.39 Å². The van der Waals surface area contributed by atoms with Crippen molar-refractivity contribution in [1.82, 2.24) is 24.5 Å². The molecule has 0 fully saturated rings. The molecular formula is C19H22FN5O2S. The second-order valence-electron chi connectivity index (χ2n) is 7.91. The standard InChI is InChI=1S/C19H22FN5O2S/c1-10(24-28(26)19(2,3)4)12-6-11(20)7-14-16(12)22-17-13-8-25(5)23-15(13)9-27-18(17)21-14/h6-8,10,24H,9H2,1-5H3/t10-,28-/m1/s1. The summed E-state index contributed by atoms with van der Waals surface area (Å²) in [5.41, 5.74) is 3.76. The molecule has 28 heavy (non-hydrogen) atoms. The molecule has 1 aliphatic rings. The van der Waals surface area contributed by atoms with E-state index in [1.54, 1.807) is 4.68 Å². The van der Waals surface area contributed by atoms with Crippen LogP contribution in [0.1, 0.15) is 45.0 Å². The Morgan fingerprint density at radius 3 is 2.79 bits per heavy atom. The van der Waals surface area contributed by atoms with E-state index in [4.69, 9.17) is 9.72 Å². The number of aryl methyl sites for hydroxylation is 1. The third-order valence-electron chi connectivity index (χ3n) is 4.54. The topological polar surface area (TPSA) is 81.9 Å². The molecule has 4 rings (SSSR count). The van der Waals surface area contributed by atoms with Gasteiger partial charge in [-0.2, -0.15) is 5.10 Å². The van der Waals surface area contributed by atoms with Crippen LogP contribution in [-0.2, 0) is 24.6 Å². The summed E-state index contributed by atoms with van der Waals surface area (Å²) in [6.07, 6.45) is 1.87. The third kappa shape index (κ3) is 3.29. The van der Waals surface area contributed by atoms with Crippen molar-refractivity contribution in [1.29, 1.82) is 0 Å². The molecule has 0 bridgehead atoms. The summed E-state index contributed by atoms with van der Waals surface area (Å²) in [4.78, 5) is 9.25. The van der Waals surface area contributed by atoms with Crippen molar-refractivity contribution in [3.63, 3.8) is 0 Å². The quantitative estimate of drug-likeness (QED) is 0.726. The van der Waals surface area contributed by atoms with Crippen molar-refractivity contribution in [2.75, 3.05) is 0 Å². The number of nitrogens with one attached hydrogen (secondary N) is 1. The van der Waals surface area contributed by atoms with Crippen LogP contribution in [0, 0.1) is 5.82 Å². The third-order valence-corrected chi connectivity index (χ3v) is 6.22. The predicted octanol–water partition coefficient (Wildman–Crippen LogP) is 3.17. The van der Waals surface area contributed by atoms with E-state index < -0.39 is 21.5 Å². The molecule has 148 valence electrons. The minimum Gasteiger partial charge on any atom is -0.469 e. The number of fused-ring (bicyclic) bond motifs is 4. The van der Waals surface area contributed by atoms with Gasteiger partial charge in [0.2, 0.25) is 5.88 Å². The Labute approximate surface area is 164 Å². The van der Waals surface area contributed by atoms with Crippen LogP contribution in [0.2, 0.25) is 0 Å². The minimum absolute atomic E-state index is 0.300. The first-order valence-electron chi connectivity index (χ1n) is 8.98. The lowest BCUT2D eigenvalue weighted by Crippen LogP contribution is -2.35.